The molecule has 3 rings (SSSR count). The molecule has 0 unspecified atom stereocenters. The van der Waals surface area contributed by atoms with Crippen molar-refractivity contribution >= 4 is 16.1 Å². The first-order valence-corrected chi connectivity index (χ1v) is 11.5. The van der Waals surface area contributed by atoms with Crippen LogP contribution in [0.5, 0.6) is 11.5 Å². The molecule has 0 aliphatic carbocycles. The largest absolute Gasteiger partial charge is 0.495 e. The first kappa shape index (κ1) is 24.0. The van der Waals surface area contributed by atoms with E-state index in [1.54, 1.807) is 51.1 Å². The van der Waals surface area contributed by atoms with Crippen LogP contribution in [0.4, 0.5) is 0 Å². The van der Waals surface area contributed by atoms with E-state index in [0.29, 0.717) is 11.3 Å². The fourth-order valence-electron chi connectivity index (χ4n) is 3.10. The van der Waals surface area contributed by atoms with Gasteiger partial charge in [0, 0.05) is 0 Å². The van der Waals surface area contributed by atoms with Crippen molar-refractivity contribution in [1.29, 1.82) is 0 Å². The van der Waals surface area contributed by atoms with Gasteiger partial charge in [-0.2, -0.15) is 18.2 Å². The van der Waals surface area contributed by atoms with Crippen LogP contribution in [-0.4, -0.2) is 37.9 Å². The van der Waals surface area contributed by atoms with Gasteiger partial charge >= 0.3 is 16.1 Å². The third kappa shape index (κ3) is 4.90. The molecule has 0 aliphatic rings. The molecule has 0 amide bonds. The lowest BCUT2D eigenvalue weighted by Crippen LogP contribution is -2.26. The summed E-state index contributed by atoms with van der Waals surface area (Å²) in [5.41, 5.74) is 1.53. The highest BCUT2D eigenvalue weighted by molar-refractivity contribution is 7.87. The zero-order valence-corrected chi connectivity index (χ0v) is 19.7. The van der Waals surface area contributed by atoms with Gasteiger partial charge in [-0.05, 0) is 62.6 Å². The van der Waals surface area contributed by atoms with Crippen molar-refractivity contribution in [1.82, 2.24) is 9.78 Å². The number of para-hydroxylation sites is 1. The molecule has 1 heterocycles. The first-order chi connectivity index (χ1) is 15.6. The molecule has 0 spiro atoms. The van der Waals surface area contributed by atoms with Gasteiger partial charge in [-0.25, -0.2) is 4.79 Å². The van der Waals surface area contributed by atoms with Gasteiger partial charge in [0.1, 0.15) is 10.6 Å². The summed E-state index contributed by atoms with van der Waals surface area (Å²) < 4.78 is 42.7. The minimum atomic E-state index is -4.49. The number of esters is 1. The second-order valence-electron chi connectivity index (χ2n) is 7.24. The smallest absolute Gasteiger partial charge is 0.362 e. The van der Waals surface area contributed by atoms with Crippen molar-refractivity contribution in [2.24, 2.45) is 0 Å². The summed E-state index contributed by atoms with van der Waals surface area (Å²) in [4.78, 5) is 25.2. The Labute approximate surface area is 191 Å². The lowest BCUT2D eigenvalue weighted by Gasteiger charge is -2.15. The van der Waals surface area contributed by atoms with Gasteiger partial charge in [-0.15, -0.1) is 0 Å². The molecule has 33 heavy (non-hydrogen) atoms. The molecule has 3 aromatic rings. The van der Waals surface area contributed by atoms with Crippen LogP contribution in [0.3, 0.4) is 0 Å². The van der Waals surface area contributed by atoms with E-state index in [4.69, 9.17) is 13.7 Å². The number of rotatable bonds is 7. The maximum absolute atomic E-state index is 13.1. The van der Waals surface area contributed by atoms with E-state index in [1.165, 1.54) is 13.2 Å². The Morgan fingerprint density at radius 1 is 1.00 bits per heavy atom. The lowest BCUT2D eigenvalue weighted by molar-refractivity contribution is 0.0515. The Hall–Kier alpha value is -3.66. The summed E-state index contributed by atoms with van der Waals surface area (Å²) in [5.74, 6) is -1.40. The number of hydrogen-bond donors (Lipinski definition) is 0. The van der Waals surface area contributed by atoms with Gasteiger partial charge in [0.25, 0.3) is 5.56 Å². The maximum Gasteiger partial charge on any atom is 0.362 e. The maximum atomic E-state index is 13.1. The molecular formula is C23H24N2O7S. The third-order valence-electron chi connectivity index (χ3n) is 4.96. The number of ether oxygens (including phenoxy) is 2. The van der Waals surface area contributed by atoms with Gasteiger partial charge in [0.05, 0.1) is 25.5 Å². The SMILES string of the molecule is CCOC(=O)c1nn(-c2ccccc2C)c(=O)cc1OS(=O)(=O)c1cc(C)c(C)cc1OC. The van der Waals surface area contributed by atoms with Crippen LogP contribution in [0.1, 0.15) is 34.1 Å². The van der Waals surface area contributed by atoms with Crippen LogP contribution in [0.2, 0.25) is 0 Å². The number of carbonyl (C=O) groups excluding carboxylic acids is 1. The Morgan fingerprint density at radius 2 is 1.67 bits per heavy atom. The molecule has 0 saturated carbocycles. The summed E-state index contributed by atoms with van der Waals surface area (Å²) in [6.45, 7) is 6.92. The van der Waals surface area contributed by atoms with Crippen LogP contribution < -0.4 is 14.5 Å². The standard InChI is InChI=1S/C23H24N2O7S/c1-6-31-23(27)22-19(13-21(26)25(24-22)17-10-8-7-9-14(17)2)32-33(28,29)20-12-16(4)15(3)11-18(20)30-5/h7-13H,6H2,1-5H3. The Kier molecular flexibility index (Phi) is 6.87. The lowest BCUT2D eigenvalue weighted by atomic mass is 10.1. The van der Waals surface area contributed by atoms with E-state index in [2.05, 4.69) is 5.10 Å². The van der Waals surface area contributed by atoms with E-state index in [9.17, 15) is 18.0 Å². The number of nitrogens with zero attached hydrogens (tertiary/aromatic N) is 2. The predicted molar refractivity (Wildman–Crippen MR) is 121 cm³/mol. The van der Waals surface area contributed by atoms with Crippen molar-refractivity contribution in [3.63, 3.8) is 0 Å². The molecular weight excluding hydrogens is 448 g/mol. The van der Waals surface area contributed by atoms with Crippen molar-refractivity contribution in [2.75, 3.05) is 13.7 Å². The number of aromatic nitrogens is 2. The average molecular weight is 473 g/mol. The molecule has 0 N–H and O–H groups in total. The minimum absolute atomic E-state index is 0.0151. The van der Waals surface area contributed by atoms with Gasteiger partial charge < -0.3 is 13.7 Å². The second-order valence-corrected chi connectivity index (χ2v) is 8.75. The number of aryl methyl sites for hydroxylation is 3. The monoisotopic (exact) mass is 472 g/mol. The molecule has 9 nitrogen and oxygen atoms in total. The van der Waals surface area contributed by atoms with Crippen molar-refractivity contribution < 1.29 is 26.9 Å². The molecule has 2 aromatic carbocycles. The quantitative estimate of drug-likeness (QED) is 0.381. The summed E-state index contributed by atoms with van der Waals surface area (Å²) in [5, 5.41) is 4.08. The molecule has 0 aliphatic heterocycles. The average Bonchev–Trinajstić information content (AvgIpc) is 2.76. The highest BCUT2D eigenvalue weighted by atomic mass is 32.2. The summed E-state index contributed by atoms with van der Waals surface area (Å²) >= 11 is 0. The van der Waals surface area contributed by atoms with Crippen LogP contribution in [-0.2, 0) is 14.9 Å². The van der Waals surface area contributed by atoms with Gasteiger partial charge in [-0.3, -0.25) is 4.79 Å². The number of methoxy groups -OCH3 is 1. The molecule has 0 bridgehead atoms. The summed E-state index contributed by atoms with van der Waals surface area (Å²) in [6, 6.07) is 10.8. The molecule has 174 valence electrons. The first-order valence-electron chi connectivity index (χ1n) is 10.1. The predicted octanol–water partition coefficient (Wildman–Crippen LogP) is 3.11. The zero-order chi connectivity index (χ0) is 24.3. The van der Waals surface area contributed by atoms with Gasteiger partial charge in [-0.1, -0.05) is 18.2 Å². The minimum Gasteiger partial charge on any atom is -0.495 e. The zero-order valence-electron chi connectivity index (χ0n) is 18.9. The Morgan fingerprint density at radius 3 is 2.30 bits per heavy atom. The van der Waals surface area contributed by atoms with Gasteiger partial charge in [0.15, 0.2) is 5.75 Å². The Balaban J connectivity index is 2.18. The number of carbonyl (C=O) groups is 1. The highest BCUT2D eigenvalue weighted by Gasteiger charge is 2.28. The third-order valence-corrected chi connectivity index (χ3v) is 6.21. The van der Waals surface area contributed by atoms with Crippen LogP contribution in [0.25, 0.3) is 5.69 Å². The Bertz CT molecular complexity index is 1380. The summed E-state index contributed by atoms with van der Waals surface area (Å²) in [7, 11) is -3.16. The molecule has 0 saturated heterocycles. The fourth-order valence-corrected chi connectivity index (χ4v) is 4.26. The summed E-state index contributed by atoms with van der Waals surface area (Å²) in [6.07, 6.45) is 0. The molecule has 1 aromatic heterocycles. The van der Waals surface area contributed by atoms with E-state index in [0.717, 1.165) is 21.9 Å². The van der Waals surface area contributed by atoms with Crippen molar-refractivity contribution in [2.45, 2.75) is 32.6 Å². The fraction of sp³-hybridized carbons (Fsp3) is 0.261. The molecule has 0 atom stereocenters. The highest BCUT2D eigenvalue weighted by Crippen LogP contribution is 2.30. The number of hydrogen-bond acceptors (Lipinski definition) is 8. The van der Waals surface area contributed by atoms with Crippen LogP contribution >= 0.6 is 0 Å². The number of benzene rings is 2. The van der Waals surface area contributed by atoms with E-state index in [1.807, 2.05) is 6.92 Å². The molecule has 0 fully saturated rings. The molecule has 10 heteroatoms. The topological polar surface area (TPSA) is 114 Å². The van der Waals surface area contributed by atoms with Crippen LogP contribution in [0, 0.1) is 20.8 Å². The van der Waals surface area contributed by atoms with E-state index in [-0.39, 0.29) is 17.3 Å². The molecule has 0 radical (unpaired) electrons. The second kappa shape index (κ2) is 9.45. The van der Waals surface area contributed by atoms with Crippen molar-refractivity contribution in [3.8, 4) is 17.2 Å². The van der Waals surface area contributed by atoms with E-state index < -0.39 is 33.1 Å². The van der Waals surface area contributed by atoms with Crippen LogP contribution in [0.15, 0.2) is 52.2 Å². The van der Waals surface area contributed by atoms with E-state index >= 15 is 0 Å². The van der Waals surface area contributed by atoms with Gasteiger partial charge in [0.2, 0.25) is 5.69 Å². The normalized spacial score (nSPS) is 11.2. The van der Waals surface area contributed by atoms with Crippen molar-refractivity contribution in [3.05, 3.63) is 75.2 Å².